The van der Waals surface area contributed by atoms with Crippen LogP contribution in [-0.4, -0.2) is 43.0 Å². The highest BCUT2D eigenvalue weighted by atomic mass is 16.3. The van der Waals surface area contributed by atoms with Gasteiger partial charge in [-0.05, 0) is 101 Å². The van der Waals surface area contributed by atoms with E-state index >= 15 is 0 Å². The molecule has 2 fully saturated rings. The average Bonchev–Trinajstić information content (AvgIpc) is 3.46. The Morgan fingerprint density at radius 2 is 1.91 bits per heavy atom. The molecule has 2 aliphatic rings. The van der Waals surface area contributed by atoms with Crippen molar-refractivity contribution < 1.29 is 9.21 Å². The molecule has 1 amide bonds. The normalized spacial score (nSPS) is 20.9. The van der Waals surface area contributed by atoms with Crippen LogP contribution in [0.15, 0.2) is 53.1 Å². The van der Waals surface area contributed by atoms with Crippen molar-refractivity contribution in [3.05, 3.63) is 59.9 Å². The Morgan fingerprint density at radius 3 is 2.69 bits per heavy atom. The Bertz CT molecular complexity index is 1080. The third-order valence-electron chi connectivity index (χ3n) is 7.38. The van der Waals surface area contributed by atoms with Gasteiger partial charge in [-0.25, -0.2) is 0 Å². The first-order valence-corrected chi connectivity index (χ1v) is 12.1. The van der Waals surface area contributed by atoms with Gasteiger partial charge < -0.3 is 19.5 Å². The Morgan fingerprint density at radius 1 is 1.09 bits per heavy atom. The fraction of sp³-hybridized carbons (Fsp3) is 0.444. The van der Waals surface area contributed by atoms with Gasteiger partial charge >= 0.3 is 0 Å². The molecule has 2 atom stereocenters. The lowest BCUT2D eigenvalue weighted by molar-refractivity contribution is 0.102. The minimum absolute atomic E-state index is 0.0836. The van der Waals surface area contributed by atoms with E-state index in [1.165, 1.54) is 44.3 Å². The summed E-state index contributed by atoms with van der Waals surface area (Å²) in [6, 6.07) is 14.6. The van der Waals surface area contributed by atoms with Crippen LogP contribution >= 0.6 is 0 Å². The maximum absolute atomic E-state index is 12.9. The van der Waals surface area contributed by atoms with Gasteiger partial charge in [0, 0.05) is 47.0 Å². The molecule has 0 spiro atoms. The zero-order valence-electron chi connectivity index (χ0n) is 19.1. The van der Waals surface area contributed by atoms with E-state index in [0.29, 0.717) is 11.5 Å². The van der Waals surface area contributed by atoms with Gasteiger partial charge in [-0.3, -0.25) is 4.79 Å². The maximum atomic E-state index is 12.9. The fourth-order valence-corrected chi connectivity index (χ4v) is 5.57. The Balaban J connectivity index is 1.32. The number of rotatable bonds is 6. The smallest absolute Gasteiger partial charge is 0.255 e. The molecule has 3 heterocycles. The van der Waals surface area contributed by atoms with E-state index in [-0.39, 0.29) is 5.91 Å². The summed E-state index contributed by atoms with van der Waals surface area (Å²) in [6.45, 7) is 8.63. The SMILES string of the molecule is CCN(CC)c1ccc(C(=O)Nc2ccc3occ(C4CCN5CCCC5C4)c3c2)cc1. The Labute approximate surface area is 190 Å². The molecule has 168 valence electrons. The number of furan rings is 1. The zero-order valence-corrected chi connectivity index (χ0v) is 19.1. The quantitative estimate of drug-likeness (QED) is 0.530. The van der Waals surface area contributed by atoms with Crippen LogP contribution in [0.3, 0.4) is 0 Å². The second-order valence-corrected chi connectivity index (χ2v) is 9.13. The zero-order chi connectivity index (χ0) is 22.1. The lowest BCUT2D eigenvalue weighted by Gasteiger charge is -2.34. The predicted molar refractivity (Wildman–Crippen MR) is 131 cm³/mol. The molecule has 32 heavy (non-hydrogen) atoms. The van der Waals surface area contributed by atoms with Crippen molar-refractivity contribution >= 4 is 28.3 Å². The molecular weight excluding hydrogens is 398 g/mol. The Kier molecular flexibility index (Phi) is 5.92. The lowest BCUT2D eigenvalue weighted by Crippen LogP contribution is -2.37. The number of nitrogens with zero attached hydrogens (tertiary/aromatic N) is 2. The van der Waals surface area contributed by atoms with E-state index in [1.54, 1.807) is 0 Å². The van der Waals surface area contributed by atoms with Crippen LogP contribution in [0.2, 0.25) is 0 Å². The van der Waals surface area contributed by atoms with E-state index in [4.69, 9.17) is 4.42 Å². The van der Waals surface area contributed by atoms with Crippen molar-refractivity contribution in [2.24, 2.45) is 0 Å². The molecule has 2 aromatic carbocycles. The molecule has 0 radical (unpaired) electrons. The van der Waals surface area contributed by atoms with Crippen molar-refractivity contribution in [1.29, 1.82) is 0 Å². The summed E-state index contributed by atoms with van der Waals surface area (Å²) in [6.07, 6.45) is 6.98. The highest BCUT2D eigenvalue weighted by Gasteiger charge is 2.33. The number of carbonyl (C=O) groups is 1. The molecule has 1 N–H and O–H groups in total. The summed E-state index contributed by atoms with van der Waals surface area (Å²) < 4.78 is 5.88. The summed E-state index contributed by atoms with van der Waals surface area (Å²) in [5.74, 6) is 0.453. The van der Waals surface area contributed by atoms with E-state index in [2.05, 4.69) is 35.0 Å². The molecule has 2 aliphatic heterocycles. The van der Waals surface area contributed by atoms with Crippen LogP contribution in [0.5, 0.6) is 0 Å². The molecule has 5 heteroatoms. The van der Waals surface area contributed by atoms with Crippen molar-refractivity contribution in [1.82, 2.24) is 4.90 Å². The summed E-state index contributed by atoms with van der Waals surface area (Å²) in [5, 5.41) is 4.22. The Hall–Kier alpha value is -2.79. The monoisotopic (exact) mass is 431 g/mol. The van der Waals surface area contributed by atoms with Gasteiger partial charge in [0.15, 0.2) is 0 Å². The van der Waals surface area contributed by atoms with Crippen LogP contribution < -0.4 is 10.2 Å². The molecule has 3 aromatic rings. The molecule has 0 saturated carbocycles. The van der Waals surface area contributed by atoms with Crippen LogP contribution in [0.25, 0.3) is 11.0 Å². The second-order valence-electron chi connectivity index (χ2n) is 9.13. The first-order chi connectivity index (χ1) is 15.7. The number of fused-ring (bicyclic) bond motifs is 2. The number of hydrogen-bond donors (Lipinski definition) is 1. The number of amides is 1. The summed E-state index contributed by atoms with van der Waals surface area (Å²) in [5.41, 5.74) is 4.82. The van der Waals surface area contributed by atoms with E-state index in [1.807, 2.05) is 42.7 Å². The summed E-state index contributed by atoms with van der Waals surface area (Å²) in [7, 11) is 0. The van der Waals surface area contributed by atoms with Crippen LogP contribution in [0.1, 0.15) is 61.4 Å². The lowest BCUT2D eigenvalue weighted by atomic mass is 9.85. The number of piperidine rings is 1. The van der Waals surface area contributed by atoms with Crippen molar-refractivity contribution in [3.63, 3.8) is 0 Å². The minimum atomic E-state index is -0.0836. The minimum Gasteiger partial charge on any atom is -0.464 e. The first kappa shape index (κ1) is 21.1. The summed E-state index contributed by atoms with van der Waals surface area (Å²) in [4.78, 5) is 17.8. The molecule has 2 saturated heterocycles. The van der Waals surface area contributed by atoms with Gasteiger partial charge in [0.1, 0.15) is 5.58 Å². The van der Waals surface area contributed by atoms with Gasteiger partial charge in [-0.15, -0.1) is 0 Å². The van der Waals surface area contributed by atoms with Crippen molar-refractivity contribution in [2.45, 2.75) is 51.5 Å². The predicted octanol–water partition coefficient (Wildman–Crippen LogP) is 5.87. The summed E-state index contributed by atoms with van der Waals surface area (Å²) >= 11 is 0. The fourth-order valence-electron chi connectivity index (χ4n) is 5.57. The van der Waals surface area contributed by atoms with Crippen LogP contribution in [0, 0.1) is 0 Å². The standard InChI is InChI=1S/C27H33N3O2/c1-3-29(4-2)22-10-7-19(8-11-22)27(31)28-21-9-12-26-24(17-21)25(18-32-26)20-13-15-30-14-5-6-23(30)16-20/h7-12,17-18,20,23H,3-6,13-16H2,1-2H3,(H,28,31). The topological polar surface area (TPSA) is 48.7 Å². The molecule has 5 rings (SSSR count). The van der Waals surface area contributed by atoms with Crippen molar-refractivity contribution in [3.8, 4) is 0 Å². The highest BCUT2D eigenvalue weighted by Crippen LogP contribution is 2.40. The van der Waals surface area contributed by atoms with Gasteiger partial charge in [-0.2, -0.15) is 0 Å². The van der Waals surface area contributed by atoms with E-state index < -0.39 is 0 Å². The number of carbonyl (C=O) groups excluding carboxylic acids is 1. The van der Waals surface area contributed by atoms with Gasteiger partial charge in [-0.1, -0.05) is 0 Å². The molecule has 0 bridgehead atoms. The van der Waals surface area contributed by atoms with Gasteiger partial charge in [0.05, 0.1) is 6.26 Å². The number of hydrogen-bond acceptors (Lipinski definition) is 4. The molecule has 5 nitrogen and oxygen atoms in total. The van der Waals surface area contributed by atoms with Crippen LogP contribution in [-0.2, 0) is 0 Å². The largest absolute Gasteiger partial charge is 0.464 e. The number of anilines is 2. The van der Waals surface area contributed by atoms with Gasteiger partial charge in [0.2, 0.25) is 0 Å². The number of benzene rings is 2. The van der Waals surface area contributed by atoms with E-state index in [9.17, 15) is 4.79 Å². The second kappa shape index (κ2) is 8.99. The maximum Gasteiger partial charge on any atom is 0.255 e. The third-order valence-corrected chi connectivity index (χ3v) is 7.38. The molecule has 0 aliphatic carbocycles. The van der Waals surface area contributed by atoms with Crippen LogP contribution in [0.4, 0.5) is 11.4 Å². The first-order valence-electron chi connectivity index (χ1n) is 12.1. The van der Waals surface area contributed by atoms with Gasteiger partial charge in [0.25, 0.3) is 5.91 Å². The third kappa shape index (κ3) is 4.02. The van der Waals surface area contributed by atoms with E-state index in [0.717, 1.165) is 41.5 Å². The van der Waals surface area contributed by atoms with Crippen molar-refractivity contribution in [2.75, 3.05) is 36.4 Å². The number of nitrogens with one attached hydrogen (secondary N) is 1. The molecule has 2 unspecified atom stereocenters. The molecular formula is C27H33N3O2. The average molecular weight is 432 g/mol. The molecule has 1 aromatic heterocycles. The highest BCUT2D eigenvalue weighted by molar-refractivity contribution is 6.05.